The number of benzene rings is 1. The minimum Gasteiger partial charge on any atom is -0.365 e. The van der Waals surface area contributed by atoms with Crippen LogP contribution in [0.15, 0.2) is 41.6 Å². The van der Waals surface area contributed by atoms with E-state index in [1.807, 2.05) is 6.07 Å². The van der Waals surface area contributed by atoms with Gasteiger partial charge in [0.1, 0.15) is 11.9 Å². The first-order valence-electron chi connectivity index (χ1n) is 5.57. The van der Waals surface area contributed by atoms with Crippen molar-refractivity contribution in [1.29, 1.82) is 5.26 Å². The maximum absolute atomic E-state index is 11.1. The van der Waals surface area contributed by atoms with Crippen molar-refractivity contribution in [3.8, 4) is 6.07 Å². The van der Waals surface area contributed by atoms with E-state index in [1.54, 1.807) is 12.1 Å². The van der Waals surface area contributed by atoms with Gasteiger partial charge in [0.2, 0.25) is 10.0 Å². The van der Waals surface area contributed by atoms with Crippen LogP contribution < -0.4 is 10.5 Å². The highest BCUT2D eigenvalue weighted by atomic mass is 32.2. The smallest absolute Gasteiger partial charge is 0.238 e. The summed E-state index contributed by atoms with van der Waals surface area (Å²) in [5.74, 6) is 0.527. The van der Waals surface area contributed by atoms with Crippen LogP contribution in [-0.2, 0) is 16.6 Å². The third kappa shape index (κ3) is 3.50. The molecule has 0 amide bonds. The van der Waals surface area contributed by atoms with Crippen molar-refractivity contribution in [3.05, 3.63) is 47.9 Å². The summed E-state index contributed by atoms with van der Waals surface area (Å²) in [6.07, 6.45) is 2.82. The molecule has 1 aromatic heterocycles. The van der Waals surface area contributed by atoms with Crippen LogP contribution in [0.4, 0.5) is 5.82 Å². The second kappa shape index (κ2) is 5.64. The van der Waals surface area contributed by atoms with Gasteiger partial charge in [0.05, 0.1) is 17.3 Å². The average molecular weight is 289 g/mol. The molecular weight excluding hydrogens is 278 g/mol. The van der Waals surface area contributed by atoms with Gasteiger partial charge in [0.15, 0.2) is 5.69 Å². The molecular formula is C12H11N5O2S. The molecule has 102 valence electrons. The van der Waals surface area contributed by atoms with Crippen LogP contribution in [0.25, 0.3) is 0 Å². The lowest BCUT2D eigenvalue weighted by molar-refractivity contribution is 0.598. The lowest BCUT2D eigenvalue weighted by Crippen LogP contribution is -2.12. The maximum atomic E-state index is 11.1. The van der Waals surface area contributed by atoms with Crippen molar-refractivity contribution in [2.24, 2.45) is 5.14 Å². The molecule has 0 fully saturated rings. The molecule has 0 aliphatic rings. The van der Waals surface area contributed by atoms with Crippen molar-refractivity contribution >= 4 is 15.8 Å². The maximum Gasteiger partial charge on any atom is 0.238 e. The first-order chi connectivity index (χ1) is 9.49. The number of nitrogens with zero attached hydrogens (tertiary/aromatic N) is 3. The predicted molar refractivity (Wildman–Crippen MR) is 71.9 cm³/mol. The number of anilines is 1. The van der Waals surface area contributed by atoms with Crippen LogP contribution >= 0.6 is 0 Å². The Morgan fingerprint density at radius 1 is 1.20 bits per heavy atom. The second-order valence-corrected chi connectivity index (χ2v) is 5.50. The second-order valence-electron chi connectivity index (χ2n) is 3.94. The highest BCUT2D eigenvalue weighted by Gasteiger charge is 2.06. The largest absolute Gasteiger partial charge is 0.365 e. The summed E-state index contributed by atoms with van der Waals surface area (Å²) in [4.78, 5) is 7.95. The zero-order chi connectivity index (χ0) is 14.6. The molecule has 0 spiro atoms. The summed E-state index contributed by atoms with van der Waals surface area (Å²) in [7, 11) is -3.67. The Bertz CT molecular complexity index is 733. The van der Waals surface area contributed by atoms with Crippen LogP contribution in [0, 0.1) is 11.3 Å². The molecule has 7 nitrogen and oxygen atoms in total. The van der Waals surface area contributed by atoms with Gasteiger partial charge in [-0.3, -0.25) is 0 Å². The molecule has 2 rings (SSSR count). The monoisotopic (exact) mass is 289 g/mol. The number of nitriles is 1. The number of nitrogens with two attached hydrogens (primary N) is 1. The van der Waals surface area contributed by atoms with Gasteiger partial charge in [-0.1, -0.05) is 12.1 Å². The summed E-state index contributed by atoms with van der Waals surface area (Å²) < 4.78 is 22.2. The van der Waals surface area contributed by atoms with Gasteiger partial charge in [-0.25, -0.2) is 23.5 Å². The molecule has 1 aromatic carbocycles. The van der Waals surface area contributed by atoms with E-state index < -0.39 is 10.0 Å². The van der Waals surface area contributed by atoms with E-state index in [1.165, 1.54) is 24.5 Å². The Balaban J connectivity index is 2.02. The van der Waals surface area contributed by atoms with Crippen LogP contribution in [0.5, 0.6) is 0 Å². The number of nitrogens with one attached hydrogen (secondary N) is 1. The molecule has 0 radical (unpaired) electrons. The standard InChI is InChI=1S/C12H11N5O2S/c13-5-10-7-17-12(8-15-10)16-6-9-1-3-11(4-2-9)20(14,18)19/h1-4,7-8H,6H2,(H,16,17)(H2,14,18,19). The number of aromatic nitrogens is 2. The lowest BCUT2D eigenvalue weighted by atomic mass is 10.2. The molecule has 0 bridgehead atoms. The fourth-order valence-electron chi connectivity index (χ4n) is 1.47. The van der Waals surface area contributed by atoms with Gasteiger partial charge in [0.25, 0.3) is 0 Å². The van der Waals surface area contributed by atoms with E-state index in [9.17, 15) is 8.42 Å². The Labute approximate surface area is 116 Å². The number of hydrogen-bond donors (Lipinski definition) is 2. The zero-order valence-electron chi connectivity index (χ0n) is 10.3. The van der Waals surface area contributed by atoms with Gasteiger partial charge in [-0.2, -0.15) is 5.26 Å². The topological polar surface area (TPSA) is 122 Å². The molecule has 0 saturated carbocycles. The fraction of sp³-hybridized carbons (Fsp3) is 0.0833. The SMILES string of the molecule is N#Cc1cnc(NCc2ccc(S(N)(=O)=O)cc2)cn1. The summed E-state index contributed by atoms with van der Waals surface area (Å²) >= 11 is 0. The zero-order valence-corrected chi connectivity index (χ0v) is 11.1. The first-order valence-corrected chi connectivity index (χ1v) is 7.11. The highest BCUT2D eigenvalue weighted by molar-refractivity contribution is 7.89. The van der Waals surface area contributed by atoms with Gasteiger partial charge in [0, 0.05) is 6.54 Å². The molecule has 1 heterocycles. The van der Waals surface area contributed by atoms with Crippen molar-refractivity contribution in [1.82, 2.24) is 9.97 Å². The molecule has 8 heteroatoms. The third-order valence-electron chi connectivity index (χ3n) is 2.49. The summed E-state index contributed by atoms with van der Waals surface area (Å²) in [6, 6.07) is 8.07. The van der Waals surface area contributed by atoms with Gasteiger partial charge in [-0.05, 0) is 17.7 Å². The first kappa shape index (κ1) is 13.9. The average Bonchev–Trinajstić information content (AvgIpc) is 2.45. The molecule has 0 aliphatic carbocycles. The fourth-order valence-corrected chi connectivity index (χ4v) is 1.98. The molecule has 3 N–H and O–H groups in total. The molecule has 2 aromatic rings. The van der Waals surface area contributed by atoms with E-state index >= 15 is 0 Å². The number of primary sulfonamides is 1. The van der Waals surface area contributed by atoms with Gasteiger partial charge < -0.3 is 5.32 Å². The normalized spacial score (nSPS) is 10.8. The Morgan fingerprint density at radius 3 is 2.40 bits per heavy atom. The number of hydrogen-bond acceptors (Lipinski definition) is 6. The summed E-state index contributed by atoms with van der Waals surface area (Å²) in [5, 5.41) is 16.6. The quantitative estimate of drug-likeness (QED) is 0.850. The summed E-state index contributed by atoms with van der Waals surface area (Å²) in [5.41, 5.74) is 1.11. The van der Waals surface area contributed by atoms with Crippen molar-refractivity contribution in [2.45, 2.75) is 11.4 Å². The molecule has 0 aliphatic heterocycles. The van der Waals surface area contributed by atoms with Crippen LogP contribution in [0.1, 0.15) is 11.3 Å². The Morgan fingerprint density at radius 2 is 1.90 bits per heavy atom. The third-order valence-corrected chi connectivity index (χ3v) is 3.42. The van der Waals surface area contributed by atoms with E-state index in [-0.39, 0.29) is 10.6 Å². The van der Waals surface area contributed by atoms with E-state index in [4.69, 9.17) is 10.4 Å². The van der Waals surface area contributed by atoms with Crippen molar-refractivity contribution in [2.75, 3.05) is 5.32 Å². The predicted octanol–water partition coefficient (Wildman–Crippen LogP) is 0.608. The summed E-state index contributed by atoms with van der Waals surface area (Å²) in [6.45, 7) is 0.450. The lowest BCUT2D eigenvalue weighted by Gasteiger charge is -2.05. The minimum atomic E-state index is -3.67. The minimum absolute atomic E-state index is 0.0689. The highest BCUT2D eigenvalue weighted by Crippen LogP contribution is 2.10. The number of sulfonamides is 1. The van der Waals surface area contributed by atoms with Gasteiger partial charge >= 0.3 is 0 Å². The Hall–Kier alpha value is -2.50. The van der Waals surface area contributed by atoms with E-state index in [0.717, 1.165) is 5.56 Å². The molecule has 0 unspecified atom stereocenters. The van der Waals surface area contributed by atoms with Gasteiger partial charge in [-0.15, -0.1) is 0 Å². The van der Waals surface area contributed by atoms with Crippen LogP contribution in [0.3, 0.4) is 0 Å². The number of rotatable bonds is 4. The van der Waals surface area contributed by atoms with E-state index in [2.05, 4.69) is 15.3 Å². The molecule has 0 saturated heterocycles. The van der Waals surface area contributed by atoms with Crippen molar-refractivity contribution < 1.29 is 8.42 Å². The van der Waals surface area contributed by atoms with Crippen LogP contribution in [0.2, 0.25) is 0 Å². The molecule has 0 atom stereocenters. The van der Waals surface area contributed by atoms with Crippen LogP contribution in [-0.4, -0.2) is 18.4 Å². The van der Waals surface area contributed by atoms with E-state index in [0.29, 0.717) is 12.4 Å². The Kier molecular flexibility index (Phi) is 3.93. The molecule has 20 heavy (non-hydrogen) atoms. The van der Waals surface area contributed by atoms with Crippen molar-refractivity contribution in [3.63, 3.8) is 0 Å².